The molecule has 2 aromatic rings. The summed E-state index contributed by atoms with van der Waals surface area (Å²) >= 11 is 0. The molecule has 0 aliphatic rings. The van der Waals surface area contributed by atoms with Crippen molar-refractivity contribution in [3.05, 3.63) is 54.1 Å². The van der Waals surface area contributed by atoms with Gasteiger partial charge in [-0.15, -0.1) is 0 Å². The van der Waals surface area contributed by atoms with E-state index in [1.807, 2.05) is 84.0 Å². The summed E-state index contributed by atoms with van der Waals surface area (Å²) in [4.78, 5) is 24.0. The summed E-state index contributed by atoms with van der Waals surface area (Å²) in [5.74, 6) is 0.00322. The molecule has 27 heavy (non-hydrogen) atoms. The highest BCUT2D eigenvalue weighted by Crippen LogP contribution is 2.27. The van der Waals surface area contributed by atoms with E-state index >= 15 is 0 Å². The van der Waals surface area contributed by atoms with E-state index in [4.69, 9.17) is 9.47 Å². The third-order valence-electron chi connectivity index (χ3n) is 3.90. The molecule has 0 radical (unpaired) electrons. The number of hydrogen-bond acceptors (Lipinski definition) is 4. The van der Waals surface area contributed by atoms with Crippen molar-refractivity contribution >= 4 is 11.9 Å². The molecule has 0 unspecified atom stereocenters. The Morgan fingerprint density at radius 3 is 1.93 bits per heavy atom. The fourth-order valence-corrected chi connectivity index (χ4v) is 2.21. The van der Waals surface area contributed by atoms with E-state index in [0.717, 1.165) is 16.7 Å². The molecule has 0 N–H and O–H groups in total. The minimum absolute atomic E-state index is 0.225. The first-order valence-corrected chi connectivity index (χ1v) is 9.06. The fourth-order valence-electron chi connectivity index (χ4n) is 2.21. The smallest absolute Gasteiger partial charge is 0.316 e. The van der Waals surface area contributed by atoms with Crippen LogP contribution in [0.15, 0.2) is 48.5 Å². The van der Waals surface area contributed by atoms with Crippen LogP contribution < -0.4 is 4.74 Å². The lowest BCUT2D eigenvalue weighted by Gasteiger charge is -2.17. The lowest BCUT2D eigenvalue weighted by Crippen LogP contribution is -2.25. The van der Waals surface area contributed by atoms with E-state index in [0.29, 0.717) is 5.75 Å². The lowest BCUT2D eigenvalue weighted by molar-refractivity contribution is -0.154. The van der Waals surface area contributed by atoms with Gasteiger partial charge in [-0.1, -0.05) is 30.3 Å². The molecule has 0 fully saturated rings. The van der Waals surface area contributed by atoms with Crippen molar-refractivity contribution in [2.24, 2.45) is 10.8 Å². The van der Waals surface area contributed by atoms with Crippen molar-refractivity contribution in [3.8, 4) is 16.9 Å². The highest BCUT2D eigenvalue weighted by atomic mass is 16.5. The molecule has 4 heteroatoms. The van der Waals surface area contributed by atoms with Gasteiger partial charge in [-0.25, -0.2) is 0 Å². The van der Waals surface area contributed by atoms with Gasteiger partial charge >= 0.3 is 11.9 Å². The van der Waals surface area contributed by atoms with E-state index in [1.54, 1.807) is 6.07 Å². The average molecular weight is 368 g/mol. The number of carbonyl (C=O) groups excluding carboxylic acids is 2. The van der Waals surface area contributed by atoms with Gasteiger partial charge in [-0.05, 0) is 76.4 Å². The van der Waals surface area contributed by atoms with Gasteiger partial charge in [0.25, 0.3) is 0 Å². The predicted octanol–water partition coefficient (Wildman–Crippen LogP) is 5.39. The van der Waals surface area contributed by atoms with Crippen LogP contribution in [0.1, 0.15) is 47.1 Å². The zero-order valence-electron chi connectivity index (χ0n) is 17.0. The maximum Gasteiger partial charge on any atom is 0.316 e. The molecule has 0 bridgehead atoms. The van der Waals surface area contributed by atoms with Gasteiger partial charge < -0.3 is 9.47 Å². The van der Waals surface area contributed by atoms with E-state index < -0.39 is 10.8 Å². The summed E-state index contributed by atoms with van der Waals surface area (Å²) in [7, 11) is 0. The Hall–Kier alpha value is -2.62. The van der Waals surface area contributed by atoms with Crippen LogP contribution in [0.3, 0.4) is 0 Å². The van der Waals surface area contributed by atoms with Crippen molar-refractivity contribution in [1.82, 2.24) is 0 Å². The van der Waals surface area contributed by atoms with E-state index in [1.165, 1.54) is 0 Å². The average Bonchev–Trinajstić information content (AvgIpc) is 2.58. The number of rotatable bonds is 4. The Morgan fingerprint density at radius 1 is 0.778 bits per heavy atom. The summed E-state index contributed by atoms with van der Waals surface area (Å²) in [6.45, 7) is 11.2. The van der Waals surface area contributed by atoms with Gasteiger partial charge in [0.1, 0.15) is 12.4 Å². The van der Waals surface area contributed by atoms with E-state index in [-0.39, 0.29) is 18.5 Å². The second kappa shape index (κ2) is 7.95. The van der Waals surface area contributed by atoms with Crippen LogP contribution in [0.2, 0.25) is 0 Å². The summed E-state index contributed by atoms with van der Waals surface area (Å²) in [6.07, 6.45) is 0. The van der Waals surface area contributed by atoms with Gasteiger partial charge in [0, 0.05) is 0 Å². The van der Waals surface area contributed by atoms with Crippen LogP contribution in [0.4, 0.5) is 0 Å². The SMILES string of the molecule is CC(C)(C)C(=O)OCc1cccc(-c2cccc(OC(=O)C(C)(C)C)c2)c1. The second-order valence-electron chi connectivity index (χ2n) is 8.69. The van der Waals surface area contributed by atoms with E-state index in [2.05, 4.69) is 0 Å². The molecule has 0 atom stereocenters. The quantitative estimate of drug-likeness (QED) is 0.536. The molecule has 0 saturated heterocycles. The topological polar surface area (TPSA) is 52.6 Å². The Morgan fingerprint density at radius 2 is 1.33 bits per heavy atom. The molecule has 4 nitrogen and oxygen atoms in total. The van der Waals surface area contributed by atoms with Gasteiger partial charge in [-0.3, -0.25) is 9.59 Å². The van der Waals surface area contributed by atoms with Crippen molar-refractivity contribution < 1.29 is 19.1 Å². The number of ether oxygens (including phenoxy) is 2. The molecule has 2 rings (SSSR count). The summed E-state index contributed by atoms with van der Waals surface area (Å²) in [5, 5.41) is 0. The molecule has 144 valence electrons. The van der Waals surface area contributed by atoms with Crippen LogP contribution in [-0.2, 0) is 20.9 Å². The molecule has 0 amide bonds. The molecular weight excluding hydrogens is 340 g/mol. The molecule has 0 aliphatic heterocycles. The van der Waals surface area contributed by atoms with Crippen LogP contribution in [0, 0.1) is 10.8 Å². The van der Waals surface area contributed by atoms with E-state index in [9.17, 15) is 9.59 Å². The maximum atomic E-state index is 12.1. The first-order chi connectivity index (χ1) is 12.5. The summed E-state index contributed by atoms with van der Waals surface area (Å²) in [6, 6.07) is 15.2. The third kappa shape index (κ3) is 5.95. The molecular formula is C23H28O4. The summed E-state index contributed by atoms with van der Waals surface area (Å²) in [5.41, 5.74) is 1.71. The lowest BCUT2D eigenvalue weighted by atomic mass is 9.97. The van der Waals surface area contributed by atoms with Crippen LogP contribution in [-0.4, -0.2) is 11.9 Å². The standard InChI is InChI=1S/C23H28O4/c1-22(2,3)20(24)26-15-16-9-7-10-17(13-16)18-11-8-12-19(14-18)27-21(25)23(4,5)6/h7-14H,15H2,1-6H3. The first-order valence-electron chi connectivity index (χ1n) is 9.06. The van der Waals surface area contributed by atoms with Crippen molar-refractivity contribution in [3.63, 3.8) is 0 Å². The summed E-state index contributed by atoms with van der Waals surface area (Å²) < 4.78 is 10.9. The van der Waals surface area contributed by atoms with Gasteiger partial charge in [0.05, 0.1) is 10.8 Å². The molecule has 0 spiro atoms. The zero-order chi connectivity index (χ0) is 20.2. The molecule has 2 aromatic carbocycles. The Kier molecular flexibility index (Phi) is 6.09. The normalized spacial score (nSPS) is 11.8. The maximum absolute atomic E-state index is 12.1. The third-order valence-corrected chi connectivity index (χ3v) is 3.90. The van der Waals surface area contributed by atoms with Gasteiger partial charge in [0.15, 0.2) is 0 Å². The van der Waals surface area contributed by atoms with Crippen molar-refractivity contribution in [1.29, 1.82) is 0 Å². The second-order valence-corrected chi connectivity index (χ2v) is 8.69. The minimum Gasteiger partial charge on any atom is -0.460 e. The largest absolute Gasteiger partial charge is 0.460 e. The van der Waals surface area contributed by atoms with Gasteiger partial charge in [-0.2, -0.15) is 0 Å². The number of hydrogen-bond donors (Lipinski definition) is 0. The van der Waals surface area contributed by atoms with Crippen molar-refractivity contribution in [2.75, 3.05) is 0 Å². The number of esters is 2. The van der Waals surface area contributed by atoms with Crippen LogP contribution in [0.5, 0.6) is 5.75 Å². The Labute approximate surface area is 161 Å². The molecule has 0 saturated carbocycles. The van der Waals surface area contributed by atoms with Crippen LogP contribution in [0.25, 0.3) is 11.1 Å². The minimum atomic E-state index is -0.563. The predicted molar refractivity (Wildman–Crippen MR) is 106 cm³/mol. The Balaban J connectivity index is 2.16. The first kappa shape index (κ1) is 20.7. The van der Waals surface area contributed by atoms with Crippen molar-refractivity contribution in [2.45, 2.75) is 48.1 Å². The fraction of sp³-hybridized carbons (Fsp3) is 0.391. The van der Waals surface area contributed by atoms with Gasteiger partial charge in [0.2, 0.25) is 0 Å². The zero-order valence-corrected chi connectivity index (χ0v) is 17.0. The monoisotopic (exact) mass is 368 g/mol. The molecule has 0 aromatic heterocycles. The van der Waals surface area contributed by atoms with Crippen LogP contribution >= 0.6 is 0 Å². The number of benzene rings is 2. The Bertz CT molecular complexity index is 823. The number of carbonyl (C=O) groups is 2. The highest BCUT2D eigenvalue weighted by molar-refractivity contribution is 5.78. The molecule has 0 heterocycles. The highest BCUT2D eigenvalue weighted by Gasteiger charge is 2.24. The molecule has 0 aliphatic carbocycles.